The molecule has 0 bridgehead atoms. The molecule has 0 aliphatic rings. The molecular formula is C11H23F. The molecule has 0 aromatic carbocycles. The fourth-order valence-corrected chi connectivity index (χ4v) is 1.83. The average molecular weight is 174 g/mol. The van der Waals surface area contributed by atoms with Gasteiger partial charge in [-0.3, -0.25) is 4.39 Å². The summed E-state index contributed by atoms with van der Waals surface area (Å²) in [6.07, 6.45) is 3.66. The first-order valence-corrected chi connectivity index (χ1v) is 5.19. The van der Waals surface area contributed by atoms with Gasteiger partial charge in [0.2, 0.25) is 0 Å². The van der Waals surface area contributed by atoms with Crippen molar-refractivity contribution in [3.63, 3.8) is 0 Å². The molecule has 0 saturated heterocycles. The quantitative estimate of drug-likeness (QED) is 0.569. The minimum Gasteiger partial charge on any atom is -0.251 e. The molecule has 0 saturated carbocycles. The molecule has 0 heterocycles. The van der Waals surface area contributed by atoms with Crippen molar-refractivity contribution in [1.29, 1.82) is 0 Å². The number of hydrogen-bond acceptors (Lipinski definition) is 0. The first kappa shape index (κ1) is 11.9. The van der Waals surface area contributed by atoms with Gasteiger partial charge in [0.05, 0.1) is 6.67 Å². The monoisotopic (exact) mass is 174 g/mol. The van der Waals surface area contributed by atoms with Crippen LogP contribution < -0.4 is 0 Å². The van der Waals surface area contributed by atoms with Crippen molar-refractivity contribution in [3.8, 4) is 0 Å². The summed E-state index contributed by atoms with van der Waals surface area (Å²) in [4.78, 5) is 0. The van der Waals surface area contributed by atoms with Crippen LogP contribution in [0.2, 0.25) is 0 Å². The second-order valence-electron chi connectivity index (χ2n) is 4.18. The molecule has 0 aliphatic heterocycles. The molecular weight excluding hydrogens is 151 g/mol. The molecule has 0 aromatic heterocycles. The van der Waals surface area contributed by atoms with Crippen molar-refractivity contribution in [2.45, 2.75) is 47.0 Å². The van der Waals surface area contributed by atoms with Crippen LogP contribution in [-0.4, -0.2) is 6.67 Å². The van der Waals surface area contributed by atoms with Crippen LogP contribution in [0.15, 0.2) is 0 Å². The lowest BCUT2D eigenvalue weighted by Gasteiger charge is -2.25. The van der Waals surface area contributed by atoms with Crippen molar-refractivity contribution in [1.82, 2.24) is 0 Å². The van der Waals surface area contributed by atoms with Crippen molar-refractivity contribution < 1.29 is 4.39 Å². The normalized spacial score (nSPS) is 16.5. The lowest BCUT2D eigenvalue weighted by molar-refractivity contribution is 0.207. The Hall–Kier alpha value is -0.0700. The third kappa shape index (κ3) is 4.08. The van der Waals surface area contributed by atoms with E-state index in [4.69, 9.17) is 0 Å². The van der Waals surface area contributed by atoms with Gasteiger partial charge in [0.25, 0.3) is 0 Å². The lowest BCUT2D eigenvalue weighted by Crippen LogP contribution is -2.19. The summed E-state index contributed by atoms with van der Waals surface area (Å²) in [6, 6.07) is 0. The fourth-order valence-electron chi connectivity index (χ4n) is 1.83. The van der Waals surface area contributed by atoms with Gasteiger partial charge in [-0.15, -0.1) is 0 Å². The van der Waals surface area contributed by atoms with Crippen LogP contribution in [0.25, 0.3) is 0 Å². The summed E-state index contributed by atoms with van der Waals surface area (Å²) in [5.74, 6) is 1.45. The van der Waals surface area contributed by atoms with E-state index in [0.717, 1.165) is 0 Å². The summed E-state index contributed by atoms with van der Waals surface area (Å²) in [7, 11) is 0. The molecule has 12 heavy (non-hydrogen) atoms. The zero-order valence-corrected chi connectivity index (χ0v) is 8.94. The number of unbranched alkanes of at least 4 members (excludes halogenated alkanes) is 1. The predicted molar refractivity (Wildman–Crippen MR) is 53.0 cm³/mol. The SMILES string of the molecule is CCCCC(C(C)C)C(C)CF. The van der Waals surface area contributed by atoms with Crippen LogP contribution >= 0.6 is 0 Å². The minimum atomic E-state index is -0.160. The summed E-state index contributed by atoms with van der Waals surface area (Å²) in [5, 5.41) is 0. The van der Waals surface area contributed by atoms with Crippen molar-refractivity contribution in [2.75, 3.05) is 6.67 Å². The van der Waals surface area contributed by atoms with E-state index in [2.05, 4.69) is 20.8 Å². The molecule has 0 aliphatic carbocycles. The van der Waals surface area contributed by atoms with Crippen molar-refractivity contribution >= 4 is 0 Å². The van der Waals surface area contributed by atoms with Gasteiger partial charge in [0, 0.05) is 0 Å². The van der Waals surface area contributed by atoms with E-state index >= 15 is 0 Å². The Kier molecular flexibility index (Phi) is 6.41. The highest BCUT2D eigenvalue weighted by atomic mass is 19.1. The third-order valence-corrected chi connectivity index (χ3v) is 2.72. The van der Waals surface area contributed by atoms with Crippen LogP contribution in [0, 0.1) is 17.8 Å². The number of halogens is 1. The van der Waals surface area contributed by atoms with E-state index in [1.165, 1.54) is 19.3 Å². The third-order valence-electron chi connectivity index (χ3n) is 2.72. The molecule has 0 nitrogen and oxygen atoms in total. The maximum atomic E-state index is 12.4. The van der Waals surface area contributed by atoms with E-state index in [9.17, 15) is 4.39 Å². The van der Waals surface area contributed by atoms with Crippen molar-refractivity contribution in [3.05, 3.63) is 0 Å². The summed E-state index contributed by atoms with van der Waals surface area (Å²) in [6.45, 7) is 8.46. The van der Waals surface area contributed by atoms with E-state index in [0.29, 0.717) is 11.8 Å². The Morgan fingerprint density at radius 3 is 2.08 bits per heavy atom. The molecule has 2 unspecified atom stereocenters. The Morgan fingerprint density at radius 2 is 1.75 bits per heavy atom. The molecule has 0 aromatic rings. The van der Waals surface area contributed by atoms with Crippen LogP contribution in [0.3, 0.4) is 0 Å². The molecule has 0 N–H and O–H groups in total. The molecule has 74 valence electrons. The summed E-state index contributed by atoms with van der Waals surface area (Å²) >= 11 is 0. The predicted octanol–water partition coefficient (Wildman–Crippen LogP) is 4.05. The minimum absolute atomic E-state index is 0.160. The van der Waals surface area contributed by atoms with Crippen LogP contribution in [0.5, 0.6) is 0 Å². The van der Waals surface area contributed by atoms with Gasteiger partial charge in [0.1, 0.15) is 0 Å². The Morgan fingerprint density at radius 1 is 1.17 bits per heavy atom. The van der Waals surface area contributed by atoms with E-state index in [1.807, 2.05) is 6.92 Å². The van der Waals surface area contributed by atoms with Crippen LogP contribution in [-0.2, 0) is 0 Å². The number of hydrogen-bond donors (Lipinski definition) is 0. The van der Waals surface area contributed by atoms with Gasteiger partial charge in [-0.2, -0.15) is 0 Å². The molecule has 0 amide bonds. The zero-order chi connectivity index (χ0) is 9.56. The van der Waals surface area contributed by atoms with Gasteiger partial charge < -0.3 is 0 Å². The highest BCUT2D eigenvalue weighted by Crippen LogP contribution is 2.26. The second-order valence-corrected chi connectivity index (χ2v) is 4.18. The van der Waals surface area contributed by atoms with Gasteiger partial charge in [-0.25, -0.2) is 0 Å². The summed E-state index contributed by atoms with van der Waals surface area (Å²) < 4.78 is 12.4. The number of rotatable bonds is 6. The molecule has 0 rings (SSSR count). The van der Waals surface area contributed by atoms with Gasteiger partial charge in [0.15, 0.2) is 0 Å². The second kappa shape index (κ2) is 6.45. The first-order chi connectivity index (χ1) is 5.63. The smallest absolute Gasteiger partial charge is 0.0922 e. The van der Waals surface area contributed by atoms with Crippen LogP contribution in [0.1, 0.15) is 47.0 Å². The maximum absolute atomic E-state index is 12.4. The van der Waals surface area contributed by atoms with Gasteiger partial charge >= 0.3 is 0 Å². The molecule has 1 heteroatoms. The molecule has 0 fully saturated rings. The highest BCUT2D eigenvalue weighted by Gasteiger charge is 2.19. The Balaban J connectivity index is 3.85. The zero-order valence-electron chi connectivity index (χ0n) is 8.94. The van der Waals surface area contributed by atoms with E-state index in [1.54, 1.807) is 0 Å². The van der Waals surface area contributed by atoms with E-state index in [-0.39, 0.29) is 12.6 Å². The maximum Gasteiger partial charge on any atom is 0.0922 e. The van der Waals surface area contributed by atoms with Crippen LogP contribution in [0.4, 0.5) is 4.39 Å². The summed E-state index contributed by atoms with van der Waals surface area (Å²) in [5.41, 5.74) is 0. The highest BCUT2D eigenvalue weighted by molar-refractivity contribution is 4.69. The average Bonchev–Trinajstić information content (AvgIpc) is 2.04. The fraction of sp³-hybridized carbons (Fsp3) is 1.00. The largest absolute Gasteiger partial charge is 0.251 e. The molecule has 2 atom stereocenters. The molecule has 0 spiro atoms. The standard InChI is InChI=1S/C11H23F/c1-5-6-7-11(9(2)3)10(4)8-12/h9-11H,5-8H2,1-4H3. The van der Waals surface area contributed by atoms with Gasteiger partial charge in [-0.1, -0.05) is 40.5 Å². The van der Waals surface area contributed by atoms with Crippen molar-refractivity contribution in [2.24, 2.45) is 17.8 Å². The topological polar surface area (TPSA) is 0 Å². The van der Waals surface area contributed by atoms with Gasteiger partial charge in [-0.05, 0) is 24.2 Å². The Bertz CT molecular complexity index is 99.2. The number of alkyl halides is 1. The first-order valence-electron chi connectivity index (χ1n) is 5.19. The Labute approximate surface area is 76.6 Å². The van der Waals surface area contributed by atoms with E-state index < -0.39 is 0 Å². The lowest BCUT2D eigenvalue weighted by atomic mass is 9.81. The molecule has 0 radical (unpaired) electrons.